The van der Waals surface area contributed by atoms with Gasteiger partial charge in [-0.2, -0.15) is 0 Å². The van der Waals surface area contributed by atoms with Gasteiger partial charge in [0, 0.05) is 0 Å². The zero-order chi connectivity index (χ0) is 27.5. The number of rotatable bonds is 6. The van der Waals surface area contributed by atoms with Crippen molar-refractivity contribution >= 4 is 12.2 Å². The van der Waals surface area contributed by atoms with Crippen LogP contribution in [0.5, 0.6) is 0 Å². The van der Waals surface area contributed by atoms with Gasteiger partial charge in [0.2, 0.25) is 0 Å². The third-order valence-corrected chi connectivity index (χ3v) is 12.5. The summed E-state index contributed by atoms with van der Waals surface area (Å²) >= 11 is -2.91. The van der Waals surface area contributed by atoms with E-state index in [1.807, 2.05) is 72.8 Å². The van der Waals surface area contributed by atoms with E-state index >= 15 is 0 Å². The van der Waals surface area contributed by atoms with Gasteiger partial charge in [-0.25, -0.2) is 0 Å². The Kier molecular flexibility index (Phi) is 5.80. The molecule has 0 saturated carbocycles. The predicted molar refractivity (Wildman–Crippen MR) is 148 cm³/mol. The maximum atomic E-state index is 8.98. The number of benzene rings is 3. The molecule has 0 bridgehead atoms. The molecule has 0 radical (unpaired) electrons. The van der Waals surface area contributed by atoms with Gasteiger partial charge in [-0.15, -0.1) is 0 Å². The van der Waals surface area contributed by atoms with Gasteiger partial charge in [0.1, 0.15) is 0 Å². The first kappa shape index (κ1) is 19.9. The van der Waals surface area contributed by atoms with E-state index < -0.39 is 16.5 Å². The van der Waals surface area contributed by atoms with Crippen LogP contribution in [-0.2, 0) is 16.5 Å². The second kappa shape index (κ2) is 10.8. The van der Waals surface area contributed by atoms with E-state index in [1.54, 1.807) is 36.8 Å². The monoisotopic (exact) mass is 658 g/mol. The first-order chi connectivity index (χ1) is 19.6. The Labute approximate surface area is 226 Å². The minimum absolute atomic E-state index is 0.393. The fourth-order valence-electron chi connectivity index (χ4n) is 4.04. The molecule has 0 unspecified atom stereocenters. The fourth-order valence-corrected chi connectivity index (χ4v) is 11.2. The van der Waals surface area contributed by atoms with Crippen LogP contribution >= 0.6 is 0 Å². The van der Waals surface area contributed by atoms with Gasteiger partial charge in [-0.3, -0.25) is 0 Å². The van der Waals surface area contributed by atoms with Crippen molar-refractivity contribution in [3.8, 4) is 33.8 Å². The van der Waals surface area contributed by atoms with Crippen LogP contribution in [0.25, 0.3) is 33.8 Å². The zero-order valence-electron chi connectivity index (χ0n) is 22.8. The molecule has 0 atom stereocenters. The Balaban J connectivity index is 1.74. The summed E-state index contributed by atoms with van der Waals surface area (Å²) in [6.45, 7) is 0. The molecule has 180 valence electrons. The van der Waals surface area contributed by atoms with Crippen LogP contribution in [-0.4, -0.2) is 15.0 Å². The molecule has 0 amide bonds. The summed E-state index contributed by atoms with van der Waals surface area (Å²) in [6.07, 6.45) is 5.25. The average Bonchev–Trinajstić information content (AvgIpc) is 2.99. The van der Waals surface area contributed by atoms with Crippen molar-refractivity contribution in [2.45, 2.75) is 0 Å². The molecular weight excluding hydrogens is 631 g/mol. The van der Waals surface area contributed by atoms with Crippen molar-refractivity contribution in [3.05, 3.63) is 146 Å². The van der Waals surface area contributed by atoms with E-state index in [-0.39, 0.29) is 0 Å². The average molecular weight is 658 g/mol. The quantitative estimate of drug-likeness (QED) is 0.229. The molecule has 6 rings (SSSR count). The number of pyridine rings is 3. The second-order valence-electron chi connectivity index (χ2n) is 8.00. The second-order valence-corrected chi connectivity index (χ2v) is 13.7. The maximum absolute atomic E-state index is 8.98. The number of hydrogen-bond donors (Lipinski definition) is 0. The van der Waals surface area contributed by atoms with Gasteiger partial charge in [-0.05, 0) is 0 Å². The van der Waals surface area contributed by atoms with Gasteiger partial charge in [0.25, 0.3) is 0 Å². The summed E-state index contributed by atoms with van der Waals surface area (Å²) < 4.78 is 30.0. The first-order valence-electron chi connectivity index (χ1n) is 13.3. The Bertz CT molecular complexity index is 1570. The van der Waals surface area contributed by atoms with Crippen LogP contribution in [0.15, 0.2) is 146 Å². The molecule has 0 saturated heterocycles. The summed E-state index contributed by atoms with van der Waals surface area (Å²) in [5.74, 6) is 0. The SMILES string of the molecule is [2H]c1ccc[c]([Ir]([c]2cccc([2H])c2-c2ccccn2)[c]2cccc([2H])c2-c2ccccn2)c1-c1ccccn1. The van der Waals surface area contributed by atoms with E-state index in [0.29, 0.717) is 18.1 Å². The van der Waals surface area contributed by atoms with E-state index in [2.05, 4.69) is 33.2 Å². The van der Waals surface area contributed by atoms with Crippen LogP contribution < -0.4 is 12.2 Å². The van der Waals surface area contributed by atoms with Gasteiger partial charge in [0.05, 0.1) is 0 Å². The van der Waals surface area contributed by atoms with E-state index in [1.165, 1.54) is 0 Å². The molecule has 0 fully saturated rings. The summed E-state index contributed by atoms with van der Waals surface area (Å²) in [6, 6.07) is 35.9. The fraction of sp³-hybridized carbons (Fsp3) is 0. The van der Waals surface area contributed by atoms with Crippen molar-refractivity contribution in [2.24, 2.45) is 0 Å². The molecule has 6 aromatic rings. The summed E-state index contributed by atoms with van der Waals surface area (Å²) in [5, 5.41) is 0. The molecule has 4 heteroatoms. The van der Waals surface area contributed by atoms with Crippen LogP contribution in [0, 0.1) is 0 Å². The molecule has 0 N–H and O–H groups in total. The molecule has 3 aromatic carbocycles. The molecule has 3 heterocycles. The molecule has 0 spiro atoms. The molecule has 0 aliphatic carbocycles. The van der Waals surface area contributed by atoms with Crippen molar-refractivity contribution in [3.63, 3.8) is 0 Å². The topological polar surface area (TPSA) is 38.7 Å². The third kappa shape index (κ3) is 4.77. The predicted octanol–water partition coefficient (Wildman–Crippen LogP) is 5.77. The number of hydrogen-bond acceptors (Lipinski definition) is 3. The molecule has 0 aliphatic heterocycles. The zero-order valence-corrected chi connectivity index (χ0v) is 22.2. The molecule has 3 nitrogen and oxygen atoms in total. The normalized spacial score (nSPS) is 12.3. The Morgan fingerprint density at radius 3 is 1.03 bits per heavy atom. The Hall–Kier alpha value is -4.24. The molecular formula is C33H24IrN3. The molecule has 37 heavy (non-hydrogen) atoms. The number of aromatic nitrogens is 3. The standard InChI is InChI=1S/3C11H8N.Ir/c3*1-2-6-10(7-3-1)11-8-4-5-9-12-11;/h3*1-6,8-9H;/i3*6D;. The van der Waals surface area contributed by atoms with Crippen molar-refractivity contribution in [2.75, 3.05) is 0 Å². The van der Waals surface area contributed by atoms with E-state index in [9.17, 15) is 0 Å². The minimum atomic E-state index is -2.91. The Morgan fingerprint density at radius 1 is 0.405 bits per heavy atom. The summed E-state index contributed by atoms with van der Waals surface area (Å²) in [5.41, 5.74) is 4.54. The number of nitrogens with zero attached hydrogens (tertiary/aromatic N) is 3. The molecule has 3 aromatic heterocycles. The Morgan fingerprint density at radius 2 is 0.730 bits per heavy atom. The summed E-state index contributed by atoms with van der Waals surface area (Å²) in [7, 11) is 0. The third-order valence-electron chi connectivity index (χ3n) is 5.66. The van der Waals surface area contributed by atoms with Crippen molar-refractivity contribution in [1.82, 2.24) is 15.0 Å². The summed E-state index contributed by atoms with van der Waals surface area (Å²) in [4.78, 5) is 13.9. The van der Waals surface area contributed by atoms with Crippen LogP contribution in [0.2, 0.25) is 0 Å². The van der Waals surface area contributed by atoms with Gasteiger partial charge < -0.3 is 0 Å². The van der Waals surface area contributed by atoms with Crippen molar-refractivity contribution < 1.29 is 20.6 Å². The molecule has 0 aliphatic rings. The van der Waals surface area contributed by atoms with Gasteiger partial charge in [-0.1, -0.05) is 0 Å². The van der Waals surface area contributed by atoms with Crippen LogP contribution in [0.4, 0.5) is 0 Å². The van der Waals surface area contributed by atoms with E-state index in [4.69, 9.17) is 4.11 Å². The first-order valence-corrected chi connectivity index (χ1v) is 15.4. The van der Waals surface area contributed by atoms with Gasteiger partial charge in [0.15, 0.2) is 0 Å². The van der Waals surface area contributed by atoms with Crippen LogP contribution in [0.3, 0.4) is 0 Å². The van der Waals surface area contributed by atoms with Crippen molar-refractivity contribution in [1.29, 1.82) is 0 Å². The van der Waals surface area contributed by atoms with E-state index in [0.717, 1.165) is 46.0 Å². The van der Waals surface area contributed by atoms with Crippen LogP contribution in [0.1, 0.15) is 4.11 Å². The van der Waals surface area contributed by atoms with Gasteiger partial charge >= 0.3 is 227 Å².